The predicted molar refractivity (Wildman–Crippen MR) is 73.2 cm³/mol. The van der Waals surface area contributed by atoms with E-state index in [1.165, 1.54) is 10.9 Å². The van der Waals surface area contributed by atoms with Gasteiger partial charge >= 0.3 is 0 Å². The number of hydrogen-bond acceptors (Lipinski definition) is 3. The molecule has 0 unspecified atom stereocenters. The van der Waals surface area contributed by atoms with E-state index in [9.17, 15) is 8.42 Å². The van der Waals surface area contributed by atoms with Crippen LogP contribution in [0.1, 0.15) is 11.1 Å². The molecule has 2 aromatic carbocycles. The molecule has 0 saturated carbocycles. The zero-order valence-electron chi connectivity index (χ0n) is 10.5. The topological polar surface area (TPSA) is 43.4 Å². The smallest absolute Gasteiger partial charge is 0.264 e. The Hall–Kier alpha value is -1.39. The summed E-state index contributed by atoms with van der Waals surface area (Å²) in [6, 6.07) is 12.2. The first kappa shape index (κ1) is 13.1. The number of aryl methyl sites for hydroxylation is 1. The van der Waals surface area contributed by atoms with E-state index in [1.807, 2.05) is 18.2 Å². The first-order valence-corrected chi connectivity index (χ1v) is 7.61. The summed E-state index contributed by atoms with van der Waals surface area (Å²) in [6.07, 6.45) is 1.66. The molecule has 0 bridgehead atoms. The maximum atomic E-state index is 10.9. The van der Waals surface area contributed by atoms with Crippen LogP contribution in [0.3, 0.4) is 0 Å². The maximum Gasteiger partial charge on any atom is 0.264 e. The Morgan fingerprint density at radius 1 is 1.06 bits per heavy atom. The van der Waals surface area contributed by atoms with Crippen LogP contribution >= 0.6 is 0 Å². The van der Waals surface area contributed by atoms with Crippen molar-refractivity contribution in [3.8, 4) is 0 Å². The second kappa shape index (κ2) is 5.08. The van der Waals surface area contributed by atoms with E-state index in [1.54, 1.807) is 0 Å². The van der Waals surface area contributed by atoms with E-state index in [-0.39, 0.29) is 6.61 Å². The van der Waals surface area contributed by atoms with Gasteiger partial charge in [-0.05, 0) is 35.2 Å². The summed E-state index contributed by atoms with van der Waals surface area (Å²) in [6.45, 7) is 2.25. The van der Waals surface area contributed by atoms with Gasteiger partial charge in [0, 0.05) is 0 Å². The Morgan fingerprint density at radius 2 is 1.72 bits per heavy atom. The Balaban J connectivity index is 2.26. The van der Waals surface area contributed by atoms with Crippen LogP contribution in [0.2, 0.25) is 0 Å². The molecule has 0 aliphatic rings. The molecule has 0 spiro atoms. The van der Waals surface area contributed by atoms with Gasteiger partial charge in [0.25, 0.3) is 10.1 Å². The molecule has 0 aliphatic carbocycles. The van der Waals surface area contributed by atoms with Crippen molar-refractivity contribution in [2.75, 3.05) is 12.9 Å². The lowest BCUT2D eigenvalue weighted by molar-refractivity contribution is 0.326. The second-order valence-corrected chi connectivity index (χ2v) is 6.01. The van der Waals surface area contributed by atoms with E-state index in [0.717, 1.165) is 17.2 Å². The summed E-state index contributed by atoms with van der Waals surface area (Å²) in [5.74, 6) is 0. The summed E-state index contributed by atoms with van der Waals surface area (Å²) in [5.41, 5.74) is 2.33. The fourth-order valence-corrected chi connectivity index (χ4v) is 2.44. The Morgan fingerprint density at radius 3 is 2.44 bits per heavy atom. The van der Waals surface area contributed by atoms with Crippen LogP contribution in [0.25, 0.3) is 10.8 Å². The standard InChI is InChI=1S/C14H16O3S/c1-11-5-3-8-14-12(6-4-7-13(11)14)9-10-17-18(2,15)16/h3-8H,9-10H2,1-2H3. The zero-order chi connectivity index (χ0) is 13.2. The first-order chi connectivity index (χ1) is 8.47. The first-order valence-electron chi connectivity index (χ1n) is 5.79. The van der Waals surface area contributed by atoms with Crippen LogP contribution in [-0.2, 0) is 20.7 Å². The highest BCUT2D eigenvalue weighted by atomic mass is 32.2. The Labute approximate surface area is 108 Å². The van der Waals surface area contributed by atoms with Gasteiger partial charge in [0.2, 0.25) is 0 Å². The molecule has 3 nitrogen and oxygen atoms in total. The average molecular weight is 264 g/mol. The quantitative estimate of drug-likeness (QED) is 0.797. The summed E-state index contributed by atoms with van der Waals surface area (Å²) in [4.78, 5) is 0. The van der Waals surface area contributed by atoms with Crippen molar-refractivity contribution in [1.29, 1.82) is 0 Å². The van der Waals surface area contributed by atoms with Gasteiger partial charge in [-0.15, -0.1) is 0 Å². The molecule has 2 rings (SSSR count). The van der Waals surface area contributed by atoms with Crippen molar-refractivity contribution in [3.05, 3.63) is 47.5 Å². The third-order valence-electron chi connectivity index (χ3n) is 2.90. The van der Waals surface area contributed by atoms with E-state index >= 15 is 0 Å². The van der Waals surface area contributed by atoms with Gasteiger partial charge in [0.05, 0.1) is 12.9 Å². The van der Waals surface area contributed by atoms with Crippen molar-refractivity contribution >= 4 is 20.9 Å². The highest BCUT2D eigenvalue weighted by Crippen LogP contribution is 2.22. The molecular formula is C14H16O3S. The molecule has 96 valence electrons. The third kappa shape index (κ3) is 3.09. The number of hydrogen-bond donors (Lipinski definition) is 0. The van der Waals surface area contributed by atoms with E-state index in [4.69, 9.17) is 4.18 Å². The molecule has 0 saturated heterocycles. The highest BCUT2D eigenvalue weighted by molar-refractivity contribution is 7.85. The van der Waals surface area contributed by atoms with Crippen molar-refractivity contribution in [2.45, 2.75) is 13.3 Å². The van der Waals surface area contributed by atoms with Crippen LogP contribution in [0.5, 0.6) is 0 Å². The fourth-order valence-electron chi connectivity index (χ4n) is 2.05. The second-order valence-electron chi connectivity index (χ2n) is 4.36. The molecule has 0 N–H and O–H groups in total. The number of fused-ring (bicyclic) bond motifs is 1. The fraction of sp³-hybridized carbons (Fsp3) is 0.286. The SMILES string of the molecule is Cc1cccc2c(CCOS(C)(=O)=O)cccc12. The predicted octanol–water partition coefficient (Wildman–Crippen LogP) is 2.67. The lowest BCUT2D eigenvalue weighted by Crippen LogP contribution is -2.06. The van der Waals surface area contributed by atoms with Crippen LogP contribution in [0.15, 0.2) is 36.4 Å². The molecule has 2 aromatic rings. The van der Waals surface area contributed by atoms with Gasteiger partial charge in [-0.2, -0.15) is 8.42 Å². The third-order valence-corrected chi connectivity index (χ3v) is 3.49. The van der Waals surface area contributed by atoms with E-state index < -0.39 is 10.1 Å². The minimum absolute atomic E-state index is 0.186. The molecule has 0 fully saturated rings. The van der Waals surface area contributed by atoms with Gasteiger partial charge in [-0.1, -0.05) is 36.4 Å². The largest absolute Gasteiger partial charge is 0.270 e. The van der Waals surface area contributed by atoms with Crippen molar-refractivity contribution in [3.63, 3.8) is 0 Å². The minimum atomic E-state index is -3.36. The molecule has 0 aliphatic heterocycles. The van der Waals surface area contributed by atoms with E-state index in [0.29, 0.717) is 6.42 Å². The number of benzene rings is 2. The number of rotatable bonds is 4. The van der Waals surface area contributed by atoms with Crippen molar-refractivity contribution in [1.82, 2.24) is 0 Å². The van der Waals surface area contributed by atoms with Gasteiger partial charge in [0.1, 0.15) is 0 Å². The van der Waals surface area contributed by atoms with E-state index in [2.05, 4.69) is 25.1 Å². The molecular weight excluding hydrogens is 248 g/mol. The Bertz CT molecular complexity index is 660. The van der Waals surface area contributed by atoms with Crippen molar-refractivity contribution in [2.24, 2.45) is 0 Å². The van der Waals surface area contributed by atoms with Crippen LogP contribution in [0.4, 0.5) is 0 Å². The lowest BCUT2D eigenvalue weighted by atomic mass is 9.99. The monoisotopic (exact) mass is 264 g/mol. The Kier molecular flexibility index (Phi) is 3.68. The van der Waals surface area contributed by atoms with Crippen LogP contribution in [0, 0.1) is 6.92 Å². The summed E-state index contributed by atoms with van der Waals surface area (Å²) in [5, 5.41) is 2.36. The molecule has 0 aromatic heterocycles. The minimum Gasteiger partial charge on any atom is -0.270 e. The van der Waals surface area contributed by atoms with Gasteiger partial charge < -0.3 is 0 Å². The van der Waals surface area contributed by atoms with Crippen molar-refractivity contribution < 1.29 is 12.6 Å². The molecule has 4 heteroatoms. The summed E-state index contributed by atoms with van der Waals surface area (Å²) in [7, 11) is -3.36. The van der Waals surface area contributed by atoms with Gasteiger partial charge in [-0.25, -0.2) is 0 Å². The molecule has 18 heavy (non-hydrogen) atoms. The normalized spacial score (nSPS) is 11.9. The van der Waals surface area contributed by atoms with Gasteiger partial charge in [0.15, 0.2) is 0 Å². The zero-order valence-corrected chi connectivity index (χ0v) is 11.3. The van der Waals surface area contributed by atoms with Gasteiger partial charge in [-0.3, -0.25) is 4.18 Å². The average Bonchev–Trinajstić information content (AvgIpc) is 2.29. The molecule has 0 heterocycles. The lowest BCUT2D eigenvalue weighted by Gasteiger charge is -2.08. The molecule has 0 amide bonds. The maximum absolute atomic E-state index is 10.9. The highest BCUT2D eigenvalue weighted by Gasteiger charge is 2.05. The molecule has 0 atom stereocenters. The van der Waals surface area contributed by atoms with Crippen LogP contribution < -0.4 is 0 Å². The van der Waals surface area contributed by atoms with Crippen LogP contribution in [-0.4, -0.2) is 21.3 Å². The summed E-state index contributed by atoms with van der Waals surface area (Å²) >= 11 is 0. The molecule has 0 radical (unpaired) electrons. The summed E-state index contributed by atoms with van der Waals surface area (Å²) < 4.78 is 26.6.